The molecule has 80 valence electrons. The smallest absolute Gasteiger partial charge is 0.302 e. The van der Waals surface area contributed by atoms with Crippen molar-refractivity contribution in [2.45, 2.75) is 40.0 Å². The Morgan fingerprint density at radius 2 is 2.14 bits per heavy atom. The number of carbonyl (C=O) groups is 1. The molecule has 0 amide bonds. The first-order valence-electron chi connectivity index (χ1n) is 5.65. The van der Waals surface area contributed by atoms with E-state index < -0.39 is 0 Å². The predicted octanol–water partition coefficient (Wildman–Crippen LogP) is 2.62. The average Bonchev–Trinajstić information content (AvgIpc) is 2.14. The van der Waals surface area contributed by atoms with E-state index in [4.69, 9.17) is 4.74 Å². The lowest BCUT2D eigenvalue weighted by Gasteiger charge is -2.60. The molecule has 0 aliphatic heterocycles. The molecular formula is C12H20O2. The van der Waals surface area contributed by atoms with Crippen LogP contribution in [0.5, 0.6) is 0 Å². The maximum atomic E-state index is 10.7. The molecule has 0 heterocycles. The Labute approximate surface area is 86.0 Å². The third-order valence-corrected chi connectivity index (χ3v) is 4.50. The zero-order chi connectivity index (χ0) is 10.3. The van der Waals surface area contributed by atoms with Crippen molar-refractivity contribution in [3.05, 3.63) is 0 Å². The van der Waals surface area contributed by atoms with Crippen LogP contribution in [0.1, 0.15) is 40.0 Å². The molecular weight excluding hydrogens is 176 g/mol. The van der Waals surface area contributed by atoms with E-state index in [1.54, 1.807) is 0 Å². The number of hydrogen-bond donors (Lipinski definition) is 0. The van der Waals surface area contributed by atoms with Crippen molar-refractivity contribution < 1.29 is 9.53 Å². The Morgan fingerprint density at radius 1 is 1.43 bits per heavy atom. The van der Waals surface area contributed by atoms with Gasteiger partial charge in [0.15, 0.2) is 0 Å². The van der Waals surface area contributed by atoms with Gasteiger partial charge in [-0.2, -0.15) is 0 Å². The summed E-state index contributed by atoms with van der Waals surface area (Å²) in [6.45, 7) is 6.88. The van der Waals surface area contributed by atoms with Crippen molar-refractivity contribution >= 4 is 5.97 Å². The summed E-state index contributed by atoms with van der Waals surface area (Å²) in [5.41, 5.74) is 0.503. The fraction of sp³-hybridized carbons (Fsp3) is 0.917. The van der Waals surface area contributed by atoms with Gasteiger partial charge >= 0.3 is 5.97 Å². The van der Waals surface area contributed by atoms with E-state index in [-0.39, 0.29) is 5.97 Å². The van der Waals surface area contributed by atoms with Crippen LogP contribution in [0.25, 0.3) is 0 Å². The van der Waals surface area contributed by atoms with Gasteiger partial charge in [0.25, 0.3) is 0 Å². The highest BCUT2D eigenvalue weighted by molar-refractivity contribution is 5.65. The molecule has 3 fully saturated rings. The monoisotopic (exact) mass is 196 g/mol. The molecule has 2 bridgehead atoms. The summed E-state index contributed by atoms with van der Waals surface area (Å²) in [5.74, 6) is 2.21. The van der Waals surface area contributed by atoms with Gasteiger partial charge in [0.05, 0.1) is 6.61 Å². The molecule has 0 aromatic heterocycles. The van der Waals surface area contributed by atoms with E-state index in [1.807, 2.05) is 0 Å². The number of esters is 1. The van der Waals surface area contributed by atoms with Gasteiger partial charge in [0.1, 0.15) is 0 Å². The molecule has 0 N–H and O–H groups in total. The van der Waals surface area contributed by atoms with E-state index in [0.29, 0.717) is 17.9 Å². The second-order valence-electron chi connectivity index (χ2n) is 5.50. The molecule has 14 heavy (non-hydrogen) atoms. The minimum absolute atomic E-state index is 0.135. The van der Waals surface area contributed by atoms with Gasteiger partial charge in [0.2, 0.25) is 0 Å². The highest BCUT2D eigenvalue weighted by Crippen LogP contribution is 2.61. The molecule has 0 aromatic carbocycles. The van der Waals surface area contributed by atoms with Crippen molar-refractivity contribution in [3.63, 3.8) is 0 Å². The Morgan fingerprint density at radius 3 is 2.64 bits per heavy atom. The maximum Gasteiger partial charge on any atom is 0.302 e. The summed E-state index contributed by atoms with van der Waals surface area (Å²) in [4.78, 5) is 10.7. The lowest BCUT2D eigenvalue weighted by atomic mass is 9.46. The fourth-order valence-electron chi connectivity index (χ4n) is 3.39. The normalized spacial score (nSPS) is 38.6. The summed E-state index contributed by atoms with van der Waals surface area (Å²) in [7, 11) is 0. The molecule has 3 atom stereocenters. The molecule has 0 radical (unpaired) electrons. The molecule has 0 spiro atoms. The molecule has 3 aliphatic carbocycles. The third-order valence-electron chi connectivity index (χ3n) is 4.50. The first-order valence-corrected chi connectivity index (χ1v) is 5.65. The summed E-state index contributed by atoms with van der Waals surface area (Å²) < 4.78 is 5.13. The number of fused-ring (bicyclic) bond motifs is 2. The van der Waals surface area contributed by atoms with Crippen LogP contribution in [-0.4, -0.2) is 12.6 Å². The second kappa shape index (κ2) is 3.25. The van der Waals surface area contributed by atoms with Crippen molar-refractivity contribution in [3.8, 4) is 0 Å². The van der Waals surface area contributed by atoms with Gasteiger partial charge in [-0.15, -0.1) is 0 Å². The largest absolute Gasteiger partial charge is 0.466 e. The van der Waals surface area contributed by atoms with Crippen LogP contribution < -0.4 is 0 Å². The quantitative estimate of drug-likeness (QED) is 0.635. The van der Waals surface area contributed by atoms with E-state index in [2.05, 4.69) is 13.8 Å². The molecule has 0 aromatic rings. The van der Waals surface area contributed by atoms with E-state index >= 15 is 0 Å². The van der Waals surface area contributed by atoms with E-state index in [0.717, 1.165) is 11.8 Å². The number of rotatable bonds is 2. The van der Waals surface area contributed by atoms with Crippen LogP contribution in [0.4, 0.5) is 0 Å². The Kier molecular flexibility index (Phi) is 2.32. The number of carbonyl (C=O) groups excluding carboxylic acids is 1. The van der Waals surface area contributed by atoms with Gasteiger partial charge in [-0.3, -0.25) is 4.79 Å². The molecule has 3 aliphatic rings. The highest BCUT2D eigenvalue weighted by Gasteiger charge is 2.54. The van der Waals surface area contributed by atoms with Crippen molar-refractivity contribution in [2.75, 3.05) is 6.61 Å². The summed E-state index contributed by atoms with van der Waals surface area (Å²) in [6.07, 6.45) is 3.94. The zero-order valence-corrected chi connectivity index (χ0v) is 9.38. The maximum absolute atomic E-state index is 10.7. The van der Waals surface area contributed by atoms with Crippen LogP contribution in [0.15, 0.2) is 0 Å². The minimum atomic E-state index is -0.135. The second-order valence-corrected chi connectivity index (χ2v) is 5.50. The summed E-state index contributed by atoms with van der Waals surface area (Å²) >= 11 is 0. The first kappa shape index (κ1) is 10.0. The van der Waals surface area contributed by atoms with Crippen molar-refractivity contribution in [1.82, 2.24) is 0 Å². The fourth-order valence-corrected chi connectivity index (χ4v) is 3.39. The third kappa shape index (κ3) is 1.45. The van der Waals surface area contributed by atoms with Gasteiger partial charge in [-0.25, -0.2) is 0 Å². The standard InChI is InChI=1S/C12H20O2/c1-8(13)14-7-9-4-5-10-6-11(9)12(10,2)3/h9-11H,4-7H2,1-3H3/t9-,10-,11-/m0/s1. The minimum Gasteiger partial charge on any atom is -0.466 e. The van der Waals surface area contributed by atoms with E-state index in [1.165, 1.54) is 26.2 Å². The molecule has 2 nitrogen and oxygen atoms in total. The Balaban J connectivity index is 1.91. The molecule has 0 saturated heterocycles. The molecule has 3 saturated carbocycles. The number of hydrogen-bond acceptors (Lipinski definition) is 2. The summed E-state index contributed by atoms with van der Waals surface area (Å²) in [6, 6.07) is 0. The van der Waals surface area contributed by atoms with Gasteiger partial charge < -0.3 is 4.74 Å². The molecule has 3 rings (SSSR count). The van der Waals surface area contributed by atoms with Crippen molar-refractivity contribution in [2.24, 2.45) is 23.2 Å². The van der Waals surface area contributed by atoms with Gasteiger partial charge in [-0.05, 0) is 42.4 Å². The van der Waals surface area contributed by atoms with Crippen LogP contribution in [0.2, 0.25) is 0 Å². The average molecular weight is 196 g/mol. The Bertz CT molecular complexity index is 243. The van der Waals surface area contributed by atoms with Gasteiger partial charge in [0, 0.05) is 6.92 Å². The number of ether oxygens (including phenoxy) is 1. The first-order chi connectivity index (χ1) is 6.51. The van der Waals surface area contributed by atoms with Crippen LogP contribution in [-0.2, 0) is 9.53 Å². The lowest BCUT2D eigenvalue weighted by Crippen LogP contribution is -2.53. The van der Waals surface area contributed by atoms with Gasteiger partial charge in [-0.1, -0.05) is 13.8 Å². The van der Waals surface area contributed by atoms with Crippen molar-refractivity contribution in [1.29, 1.82) is 0 Å². The predicted molar refractivity (Wildman–Crippen MR) is 54.7 cm³/mol. The summed E-state index contributed by atoms with van der Waals surface area (Å²) in [5, 5.41) is 0. The lowest BCUT2D eigenvalue weighted by molar-refractivity contribution is -0.153. The van der Waals surface area contributed by atoms with Crippen LogP contribution in [0, 0.1) is 23.2 Å². The Hall–Kier alpha value is -0.530. The molecule has 2 heteroatoms. The van der Waals surface area contributed by atoms with E-state index in [9.17, 15) is 4.79 Å². The van der Waals surface area contributed by atoms with Crippen LogP contribution in [0.3, 0.4) is 0 Å². The zero-order valence-electron chi connectivity index (χ0n) is 9.38. The SMILES string of the molecule is CC(=O)OC[C@@H]1CC[C@H]2C[C@@H]1C2(C)C. The molecule has 0 unspecified atom stereocenters. The highest BCUT2D eigenvalue weighted by atomic mass is 16.5. The van der Waals surface area contributed by atoms with Crippen LogP contribution >= 0.6 is 0 Å². The topological polar surface area (TPSA) is 26.3 Å².